The predicted octanol–water partition coefficient (Wildman–Crippen LogP) is 5.03. The van der Waals surface area contributed by atoms with Gasteiger partial charge in [0, 0.05) is 36.3 Å². The number of nitrogens with zero attached hydrogens (tertiary/aromatic N) is 2. The lowest BCUT2D eigenvalue weighted by atomic mass is 9.71. The highest BCUT2D eigenvalue weighted by molar-refractivity contribution is 4.99. The first-order valence-corrected chi connectivity index (χ1v) is 8.79. The normalized spacial score (nSPS) is 14.6. The molecule has 0 aromatic rings. The van der Waals surface area contributed by atoms with Crippen molar-refractivity contribution in [3.05, 3.63) is 0 Å². The first-order chi connectivity index (χ1) is 9.25. The Morgan fingerprint density at radius 3 is 1.19 bits per heavy atom. The van der Waals surface area contributed by atoms with E-state index in [9.17, 15) is 0 Å². The second-order valence-corrected chi connectivity index (χ2v) is 8.90. The molecule has 0 saturated carbocycles. The molecule has 0 saturated heterocycles. The molecule has 2 heteroatoms. The van der Waals surface area contributed by atoms with Gasteiger partial charge in [-0.25, -0.2) is 0 Å². The van der Waals surface area contributed by atoms with Crippen molar-refractivity contribution in [2.75, 3.05) is 6.54 Å². The van der Waals surface area contributed by atoms with Crippen molar-refractivity contribution < 1.29 is 0 Å². The van der Waals surface area contributed by atoms with Gasteiger partial charge in [-0.2, -0.15) is 0 Å². The lowest BCUT2D eigenvalue weighted by Crippen LogP contribution is -2.62. The zero-order valence-electron chi connectivity index (χ0n) is 16.9. The van der Waals surface area contributed by atoms with Crippen LogP contribution in [0.2, 0.25) is 0 Å². The summed E-state index contributed by atoms with van der Waals surface area (Å²) >= 11 is 0. The largest absolute Gasteiger partial charge is 0.298 e. The van der Waals surface area contributed by atoms with Crippen LogP contribution in [0.1, 0.15) is 83.1 Å². The molecule has 0 aliphatic carbocycles. The van der Waals surface area contributed by atoms with Crippen molar-refractivity contribution in [3.63, 3.8) is 0 Å². The van der Waals surface area contributed by atoms with E-state index in [-0.39, 0.29) is 11.0 Å². The number of hydrogen-bond acceptors (Lipinski definition) is 2. The van der Waals surface area contributed by atoms with Gasteiger partial charge in [0.05, 0.1) is 0 Å². The van der Waals surface area contributed by atoms with E-state index in [1.54, 1.807) is 0 Å². The van der Waals surface area contributed by atoms with Gasteiger partial charge in [0.15, 0.2) is 0 Å². The molecule has 0 bridgehead atoms. The first-order valence-electron chi connectivity index (χ1n) is 8.79. The smallest absolute Gasteiger partial charge is 0.0221 e. The fourth-order valence-electron chi connectivity index (χ4n) is 3.85. The number of rotatable bonds is 8. The zero-order valence-corrected chi connectivity index (χ0v) is 16.9. The van der Waals surface area contributed by atoms with Crippen LogP contribution in [0.15, 0.2) is 0 Å². The molecule has 0 aliphatic rings. The van der Waals surface area contributed by atoms with Crippen LogP contribution in [-0.4, -0.2) is 46.1 Å². The molecule has 0 N–H and O–H groups in total. The van der Waals surface area contributed by atoms with Crippen LogP contribution in [0.25, 0.3) is 0 Å². The van der Waals surface area contributed by atoms with Crippen molar-refractivity contribution in [1.29, 1.82) is 0 Å². The Morgan fingerprint density at radius 1 is 0.619 bits per heavy atom. The quantitative estimate of drug-likeness (QED) is 0.620. The van der Waals surface area contributed by atoms with Crippen LogP contribution < -0.4 is 0 Å². The Balaban J connectivity index is 5.44. The standard InChI is InChI=1S/C19H42N2/c1-14(2)20(15(3)4)13-18(9,10)19(11,12)21(16(5)6)17(7)8/h14-17H,13H2,1-12H3. The summed E-state index contributed by atoms with van der Waals surface area (Å²) in [5, 5.41) is 0. The molecule has 128 valence electrons. The Labute approximate surface area is 135 Å². The van der Waals surface area contributed by atoms with Crippen molar-refractivity contribution in [1.82, 2.24) is 9.80 Å². The first kappa shape index (κ1) is 20.9. The van der Waals surface area contributed by atoms with Crippen LogP contribution in [0.3, 0.4) is 0 Å². The van der Waals surface area contributed by atoms with Crippen LogP contribution >= 0.6 is 0 Å². The summed E-state index contributed by atoms with van der Waals surface area (Å²) in [4.78, 5) is 5.30. The molecular weight excluding hydrogens is 256 g/mol. The number of hydrogen-bond donors (Lipinski definition) is 0. The molecular formula is C19H42N2. The third-order valence-corrected chi connectivity index (χ3v) is 5.32. The summed E-state index contributed by atoms with van der Waals surface area (Å²) in [6.07, 6.45) is 0. The van der Waals surface area contributed by atoms with E-state index >= 15 is 0 Å². The molecule has 0 heterocycles. The molecule has 0 fully saturated rings. The van der Waals surface area contributed by atoms with Crippen LogP contribution in [-0.2, 0) is 0 Å². The second-order valence-electron chi connectivity index (χ2n) is 8.90. The molecule has 0 unspecified atom stereocenters. The summed E-state index contributed by atoms with van der Waals surface area (Å²) < 4.78 is 0. The minimum Gasteiger partial charge on any atom is -0.298 e. The van der Waals surface area contributed by atoms with E-state index in [1.165, 1.54) is 0 Å². The average molecular weight is 299 g/mol. The van der Waals surface area contributed by atoms with E-state index < -0.39 is 0 Å². The molecule has 0 aliphatic heterocycles. The van der Waals surface area contributed by atoms with E-state index in [1.807, 2.05) is 0 Å². The van der Waals surface area contributed by atoms with Gasteiger partial charge < -0.3 is 0 Å². The Morgan fingerprint density at radius 2 is 0.952 bits per heavy atom. The highest BCUT2D eigenvalue weighted by Crippen LogP contribution is 2.39. The van der Waals surface area contributed by atoms with E-state index in [4.69, 9.17) is 0 Å². The topological polar surface area (TPSA) is 6.48 Å². The Bertz CT molecular complexity index is 285. The third-order valence-electron chi connectivity index (χ3n) is 5.32. The zero-order chi connectivity index (χ0) is 17.2. The fourth-order valence-corrected chi connectivity index (χ4v) is 3.85. The highest BCUT2D eigenvalue weighted by atomic mass is 15.3. The van der Waals surface area contributed by atoms with Gasteiger partial charge in [0.1, 0.15) is 0 Å². The van der Waals surface area contributed by atoms with Gasteiger partial charge in [-0.1, -0.05) is 13.8 Å². The van der Waals surface area contributed by atoms with Crippen LogP contribution in [0, 0.1) is 5.41 Å². The van der Waals surface area contributed by atoms with Crippen molar-refractivity contribution in [2.24, 2.45) is 5.41 Å². The van der Waals surface area contributed by atoms with Gasteiger partial charge >= 0.3 is 0 Å². The Kier molecular flexibility index (Phi) is 7.43. The molecule has 0 rings (SSSR count). The maximum absolute atomic E-state index is 2.67. The minimum atomic E-state index is 0.150. The van der Waals surface area contributed by atoms with Gasteiger partial charge in [-0.05, 0) is 74.7 Å². The molecule has 0 spiro atoms. The van der Waals surface area contributed by atoms with Crippen LogP contribution in [0.4, 0.5) is 0 Å². The highest BCUT2D eigenvalue weighted by Gasteiger charge is 2.44. The summed E-state index contributed by atoms with van der Waals surface area (Å²) in [5.74, 6) is 0. The molecule has 0 aromatic carbocycles. The SMILES string of the molecule is CC(C)N(CC(C)(C)C(C)(C)N(C(C)C)C(C)C)C(C)C. The van der Waals surface area contributed by atoms with Gasteiger partial charge in [-0.3, -0.25) is 9.80 Å². The Hall–Kier alpha value is -0.0800. The minimum absolute atomic E-state index is 0.150. The molecule has 2 nitrogen and oxygen atoms in total. The maximum atomic E-state index is 2.67. The average Bonchev–Trinajstić information content (AvgIpc) is 2.22. The summed E-state index contributed by atoms with van der Waals surface area (Å²) in [5.41, 5.74) is 0.368. The van der Waals surface area contributed by atoms with Crippen molar-refractivity contribution in [2.45, 2.75) is 113 Å². The van der Waals surface area contributed by atoms with E-state index in [0.717, 1.165) is 6.54 Å². The van der Waals surface area contributed by atoms with Gasteiger partial charge in [0.25, 0.3) is 0 Å². The maximum Gasteiger partial charge on any atom is 0.0221 e. The molecule has 21 heavy (non-hydrogen) atoms. The van der Waals surface area contributed by atoms with Crippen molar-refractivity contribution in [3.8, 4) is 0 Å². The van der Waals surface area contributed by atoms with Crippen LogP contribution in [0.5, 0.6) is 0 Å². The van der Waals surface area contributed by atoms with Gasteiger partial charge in [-0.15, -0.1) is 0 Å². The van der Waals surface area contributed by atoms with Crippen molar-refractivity contribution >= 4 is 0 Å². The van der Waals surface area contributed by atoms with Gasteiger partial charge in [0.2, 0.25) is 0 Å². The summed E-state index contributed by atoms with van der Waals surface area (Å²) in [7, 11) is 0. The predicted molar refractivity (Wildman–Crippen MR) is 96.9 cm³/mol. The molecule has 0 amide bonds. The second kappa shape index (κ2) is 7.46. The molecule has 0 radical (unpaired) electrons. The lowest BCUT2D eigenvalue weighted by molar-refractivity contribution is -0.0551. The molecule has 0 aromatic heterocycles. The lowest BCUT2D eigenvalue weighted by Gasteiger charge is -2.55. The fraction of sp³-hybridized carbons (Fsp3) is 1.00. The monoisotopic (exact) mass is 298 g/mol. The molecule has 0 atom stereocenters. The summed E-state index contributed by atoms with van der Waals surface area (Å²) in [6.45, 7) is 29.4. The van der Waals surface area contributed by atoms with E-state index in [2.05, 4.69) is 92.9 Å². The summed E-state index contributed by atoms with van der Waals surface area (Å²) in [6, 6.07) is 2.30. The van der Waals surface area contributed by atoms with E-state index in [0.29, 0.717) is 24.2 Å². The third kappa shape index (κ3) is 4.96.